The zero-order valence-corrected chi connectivity index (χ0v) is 14.4. The van der Waals surface area contributed by atoms with Crippen LogP contribution >= 0.6 is 27.5 Å². The fourth-order valence-corrected chi connectivity index (χ4v) is 2.27. The lowest BCUT2D eigenvalue weighted by molar-refractivity contribution is 0.221. The topological polar surface area (TPSA) is 51.1 Å². The molecule has 5 nitrogen and oxygen atoms in total. The van der Waals surface area contributed by atoms with Crippen molar-refractivity contribution >= 4 is 33.5 Å². The van der Waals surface area contributed by atoms with E-state index in [1.54, 1.807) is 0 Å². The quantitative estimate of drug-likeness (QED) is 0.802. The van der Waals surface area contributed by atoms with Gasteiger partial charge < -0.3 is 9.64 Å². The molecule has 2 aromatic rings. The molecule has 2 rings (SSSR count). The summed E-state index contributed by atoms with van der Waals surface area (Å²) in [4.78, 5) is 14.3. The van der Waals surface area contributed by atoms with Gasteiger partial charge in [0.2, 0.25) is 11.2 Å². The Bertz CT molecular complexity index is 624. The van der Waals surface area contributed by atoms with Crippen molar-refractivity contribution in [1.82, 2.24) is 15.0 Å². The standard InChI is InChI=1S/C14H16BrClN4O/c1-9(2)21-14-18-12(16)17-13(19-14)20(3)8-10-6-4-5-7-11(10)15/h4-7,9H,8H2,1-3H3. The van der Waals surface area contributed by atoms with Crippen LogP contribution in [-0.2, 0) is 6.54 Å². The third-order valence-electron chi connectivity index (χ3n) is 2.62. The predicted molar refractivity (Wildman–Crippen MR) is 86.9 cm³/mol. The minimum absolute atomic E-state index is 0.0232. The molecule has 0 bridgehead atoms. The molecule has 0 N–H and O–H groups in total. The highest BCUT2D eigenvalue weighted by Gasteiger charge is 2.12. The summed E-state index contributed by atoms with van der Waals surface area (Å²) in [5, 5.41) is 0.120. The number of nitrogens with zero attached hydrogens (tertiary/aromatic N) is 4. The van der Waals surface area contributed by atoms with E-state index in [0.717, 1.165) is 10.0 Å². The largest absolute Gasteiger partial charge is 0.461 e. The van der Waals surface area contributed by atoms with Crippen molar-refractivity contribution in [1.29, 1.82) is 0 Å². The van der Waals surface area contributed by atoms with E-state index in [9.17, 15) is 0 Å². The molecular weight excluding hydrogens is 356 g/mol. The third-order valence-corrected chi connectivity index (χ3v) is 3.57. The van der Waals surface area contributed by atoms with Gasteiger partial charge in [0.1, 0.15) is 0 Å². The first-order valence-corrected chi connectivity index (χ1v) is 7.65. The second kappa shape index (κ2) is 7.04. The number of rotatable bonds is 5. The maximum atomic E-state index is 5.93. The third kappa shape index (κ3) is 4.54. The lowest BCUT2D eigenvalue weighted by atomic mass is 10.2. The summed E-state index contributed by atoms with van der Waals surface area (Å²) in [5.41, 5.74) is 1.13. The maximum absolute atomic E-state index is 5.93. The molecule has 0 aliphatic rings. The fraction of sp³-hybridized carbons (Fsp3) is 0.357. The lowest BCUT2D eigenvalue weighted by Crippen LogP contribution is -2.20. The minimum Gasteiger partial charge on any atom is -0.461 e. The van der Waals surface area contributed by atoms with Gasteiger partial charge in [0.25, 0.3) is 0 Å². The van der Waals surface area contributed by atoms with Gasteiger partial charge in [0.05, 0.1) is 6.10 Å². The Morgan fingerprint density at radius 3 is 2.62 bits per heavy atom. The smallest absolute Gasteiger partial charge is 0.322 e. The van der Waals surface area contributed by atoms with E-state index < -0.39 is 0 Å². The van der Waals surface area contributed by atoms with Crippen LogP contribution in [0.25, 0.3) is 0 Å². The molecule has 0 unspecified atom stereocenters. The molecule has 0 spiro atoms. The summed E-state index contributed by atoms with van der Waals surface area (Å²) in [6.07, 6.45) is -0.0232. The molecule has 1 aromatic carbocycles. The highest BCUT2D eigenvalue weighted by molar-refractivity contribution is 9.10. The molecule has 0 aliphatic carbocycles. The molecule has 0 saturated heterocycles. The number of aromatic nitrogens is 3. The molecule has 0 radical (unpaired) electrons. The summed E-state index contributed by atoms with van der Waals surface area (Å²) in [5.74, 6) is 0.474. The average Bonchev–Trinajstić information content (AvgIpc) is 2.40. The first-order chi connectivity index (χ1) is 9.95. The van der Waals surface area contributed by atoms with Crippen LogP contribution in [-0.4, -0.2) is 28.1 Å². The van der Waals surface area contributed by atoms with Gasteiger partial charge in [-0.1, -0.05) is 34.1 Å². The van der Waals surface area contributed by atoms with E-state index in [2.05, 4.69) is 30.9 Å². The predicted octanol–water partition coefficient (Wildman–Crippen LogP) is 3.71. The Hall–Kier alpha value is -1.40. The zero-order valence-electron chi connectivity index (χ0n) is 12.0. The Balaban J connectivity index is 2.20. The van der Waals surface area contributed by atoms with E-state index in [4.69, 9.17) is 16.3 Å². The Morgan fingerprint density at radius 2 is 1.95 bits per heavy atom. The second-order valence-electron chi connectivity index (χ2n) is 4.80. The van der Waals surface area contributed by atoms with Crippen LogP contribution < -0.4 is 9.64 Å². The van der Waals surface area contributed by atoms with Gasteiger partial charge in [-0.15, -0.1) is 0 Å². The van der Waals surface area contributed by atoms with Crippen molar-refractivity contribution in [3.63, 3.8) is 0 Å². The van der Waals surface area contributed by atoms with Crippen molar-refractivity contribution in [2.24, 2.45) is 0 Å². The molecule has 1 aromatic heterocycles. The van der Waals surface area contributed by atoms with Crippen molar-refractivity contribution in [2.75, 3.05) is 11.9 Å². The summed E-state index contributed by atoms with van der Waals surface area (Å²) >= 11 is 9.46. The second-order valence-corrected chi connectivity index (χ2v) is 5.99. The van der Waals surface area contributed by atoms with E-state index in [0.29, 0.717) is 12.5 Å². The summed E-state index contributed by atoms with van der Waals surface area (Å²) in [7, 11) is 1.89. The van der Waals surface area contributed by atoms with Gasteiger partial charge in [-0.2, -0.15) is 15.0 Å². The monoisotopic (exact) mass is 370 g/mol. The van der Waals surface area contributed by atoms with Crippen LogP contribution in [0.1, 0.15) is 19.4 Å². The fourth-order valence-electron chi connectivity index (χ4n) is 1.71. The zero-order chi connectivity index (χ0) is 15.4. The van der Waals surface area contributed by atoms with Crippen LogP contribution in [0, 0.1) is 0 Å². The Kier molecular flexibility index (Phi) is 5.36. The summed E-state index contributed by atoms with van der Waals surface area (Å²) in [6, 6.07) is 8.23. The van der Waals surface area contributed by atoms with Crippen LogP contribution in [0.5, 0.6) is 6.01 Å². The summed E-state index contributed by atoms with van der Waals surface area (Å²) in [6.45, 7) is 4.45. The first-order valence-electron chi connectivity index (χ1n) is 6.48. The Morgan fingerprint density at radius 1 is 1.24 bits per heavy atom. The van der Waals surface area contributed by atoms with Gasteiger partial charge in [-0.3, -0.25) is 0 Å². The number of hydrogen-bond donors (Lipinski definition) is 0. The van der Waals surface area contributed by atoms with E-state index in [-0.39, 0.29) is 17.4 Å². The summed E-state index contributed by atoms with van der Waals surface area (Å²) < 4.78 is 6.51. The van der Waals surface area contributed by atoms with E-state index >= 15 is 0 Å². The molecular formula is C14H16BrClN4O. The van der Waals surface area contributed by atoms with Gasteiger partial charge in [0, 0.05) is 18.1 Å². The van der Waals surface area contributed by atoms with Crippen molar-refractivity contribution < 1.29 is 4.74 Å². The highest BCUT2D eigenvalue weighted by atomic mass is 79.9. The van der Waals surface area contributed by atoms with Crippen molar-refractivity contribution in [2.45, 2.75) is 26.5 Å². The normalized spacial score (nSPS) is 10.8. The molecule has 0 saturated carbocycles. The average molecular weight is 372 g/mol. The number of halogens is 2. The number of hydrogen-bond acceptors (Lipinski definition) is 5. The lowest BCUT2D eigenvalue weighted by Gasteiger charge is -2.18. The van der Waals surface area contributed by atoms with E-state index in [1.165, 1.54) is 0 Å². The molecule has 0 amide bonds. The molecule has 112 valence electrons. The maximum Gasteiger partial charge on any atom is 0.322 e. The minimum atomic E-state index is -0.0232. The van der Waals surface area contributed by atoms with Gasteiger partial charge in [-0.05, 0) is 37.1 Å². The van der Waals surface area contributed by atoms with Crippen molar-refractivity contribution in [3.8, 4) is 6.01 Å². The number of anilines is 1. The van der Waals surface area contributed by atoms with Crippen molar-refractivity contribution in [3.05, 3.63) is 39.6 Å². The molecule has 7 heteroatoms. The van der Waals surface area contributed by atoms with Gasteiger partial charge in [0.15, 0.2) is 0 Å². The SMILES string of the molecule is CC(C)Oc1nc(Cl)nc(N(C)Cc2ccccc2Br)n1. The van der Waals surface area contributed by atoms with E-state index in [1.807, 2.05) is 50.1 Å². The van der Waals surface area contributed by atoms with Crippen LogP contribution in [0.2, 0.25) is 5.28 Å². The van der Waals surface area contributed by atoms with Crippen LogP contribution in [0.15, 0.2) is 28.7 Å². The molecule has 0 aliphatic heterocycles. The molecule has 0 fully saturated rings. The van der Waals surface area contributed by atoms with Gasteiger partial charge in [-0.25, -0.2) is 0 Å². The molecule has 21 heavy (non-hydrogen) atoms. The highest BCUT2D eigenvalue weighted by Crippen LogP contribution is 2.21. The first kappa shape index (κ1) is 16.0. The van der Waals surface area contributed by atoms with Gasteiger partial charge >= 0.3 is 6.01 Å². The van der Waals surface area contributed by atoms with Crippen LogP contribution in [0.3, 0.4) is 0 Å². The number of benzene rings is 1. The van der Waals surface area contributed by atoms with Crippen LogP contribution in [0.4, 0.5) is 5.95 Å². The molecule has 1 heterocycles. The number of ether oxygens (including phenoxy) is 1. The Labute approximate surface area is 137 Å². The molecule has 0 atom stereocenters.